The molecule has 8 nitrogen and oxygen atoms in total. The van der Waals surface area contributed by atoms with E-state index in [9.17, 15) is 28.3 Å². The molecule has 1 aromatic carbocycles. The summed E-state index contributed by atoms with van der Waals surface area (Å²) in [6, 6.07) is 1.73. The molecule has 174 valence electrons. The van der Waals surface area contributed by atoms with E-state index in [-0.39, 0.29) is 23.8 Å². The number of amides is 2. The van der Waals surface area contributed by atoms with Crippen molar-refractivity contribution < 1.29 is 28.2 Å². The van der Waals surface area contributed by atoms with Gasteiger partial charge in [0.15, 0.2) is 17.2 Å². The number of hydrogen-bond acceptors (Lipinski definition) is 5. The van der Waals surface area contributed by atoms with Gasteiger partial charge in [0.25, 0.3) is 11.8 Å². The second-order valence-corrected chi connectivity index (χ2v) is 8.78. The first-order valence-corrected chi connectivity index (χ1v) is 11.0. The van der Waals surface area contributed by atoms with Crippen LogP contribution in [0.15, 0.2) is 23.1 Å². The van der Waals surface area contributed by atoms with Crippen LogP contribution in [0.1, 0.15) is 58.1 Å². The molecule has 11 heteroatoms. The molecule has 1 aliphatic carbocycles. The van der Waals surface area contributed by atoms with Crippen LogP contribution in [-0.2, 0) is 11.3 Å². The Morgan fingerprint density at radius 2 is 2.09 bits per heavy atom. The molecule has 0 unspecified atom stereocenters. The maximum Gasteiger partial charge on any atom is 0.276 e. The Kier molecular flexibility index (Phi) is 5.17. The molecule has 2 fully saturated rings. The fourth-order valence-electron chi connectivity index (χ4n) is 5.14. The summed E-state index contributed by atoms with van der Waals surface area (Å²) in [7, 11) is 0. The van der Waals surface area contributed by atoms with E-state index in [4.69, 9.17) is 16.3 Å². The lowest BCUT2D eigenvalue weighted by Crippen LogP contribution is -2.60. The second kappa shape index (κ2) is 7.81. The zero-order valence-electron chi connectivity index (χ0n) is 17.4. The van der Waals surface area contributed by atoms with E-state index in [0.717, 1.165) is 25.0 Å². The summed E-state index contributed by atoms with van der Waals surface area (Å²) in [5.41, 5.74) is -2.52. The number of aromatic hydroxyl groups is 1. The number of nitrogens with one attached hydrogen (secondary N) is 1. The molecule has 1 spiro atoms. The van der Waals surface area contributed by atoms with Crippen molar-refractivity contribution in [1.29, 1.82) is 0 Å². The van der Waals surface area contributed by atoms with Crippen LogP contribution in [0.5, 0.6) is 5.75 Å². The lowest BCUT2D eigenvalue weighted by Gasteiger charge is -2.50. The number of rotatable bonds is 3. The highest BCUT2D eigenvalue weighted by Gasteiger charge is 2.57. The third-order valence-corrected chi connectivity index (χ3v) is 7.05. The minimum atomic E-state index is -1.02. The van der Waals surface area contributed by atoms with Gasteiger partial charge in [0, 0.05) is 24.8 Å². The molecule has 2 aromatic rings. The van der Waals surface area contributed by atoms with E-state index in [1.165, 1.54) is 10.8 Å². The molecule has 1 aromatic heterocycles. The summed E-state index contributed by atoms with van der Waals surface area (Å²) >= 11 is 5.57. The van der Waals surface area contributed by atoms with Gasteiger partial charge in [-0.2, -0.15) is 0 Å². The van der Waals surface area contributed by atoms with Crippen LogP contribution in [0.3, 0.4) is 0 Å². The van der Waals surface area contributed by atoms with Crippen molar-refractivity contribution in [2.75, 3.05) is 13.2 Å². The summed E-state index contributed by atoms with van der Waals surface area (Å²) in [5, 5.41) is 12.3. The molecular weight excluding hydrogens is 460 g/mol. The molecule has 2 atom stereocenters. The molecule has 33 heavy (non-hydrogen) atoms. The van der Waals surface area contributed by atoms with Gasteiger partial charge in [-0.1, -0.05) is 24.1 Å². The highest BCUT2D eigenvalue weighted by Crippen LogP contribution is 2.49. The Balaban J connectivity index is 1.52. The van der Waals surface area contributed by atoms with Crippen LogP contribution in [-0.4, -0.2) is 45.3 Å². The third kappa shape index (κ3) is 3.15. The first kappa shape index (κ1) is 21.8. The molecule has 0 radical (unpaired) electrons. The maximum absolute atomic E-state index is 14.2. The minimum absolute atomic E-state index is 0.0755. The fourth-order valence-corrected chi connectivity index (χ4v) is 5.33. The first-order valence-electron chi connectivity index (χ1n) is 10.6. The summed E-state index contributed by atoms with van der Waals surface area (Å²) in [4.78, 5) is 40.3. The third-order valence-electron chi connectivity index (χ3n) is 6.70. The van der Waals surface area contributed by atoms with E-state index in [0.29, 0.717) is 26.0 Å². The van der Waals surface area contributed by atoms with Crippen molar-refractivity contribution in [3.8, 4) is 5.75 Å². The van der Waals surface area contributed by atoms with Crippen LogP contribution in [0.2, 0.25) is 5.02 Å². The van der Waals surface area contributed by atoms with Gasteiger partial charge in [-0.3, -0.25) is 14.4 Å². The monoisotopic (exact) mass is 479 g/mol. The Bertz CT molecular complexity index is 1250. The number of ether oxygens (including phenoxy) is 1. The van der Waals surface area contributed by atoms with Crippen molar-refractivity contribution in [1.82, 2.24) is 14.8 Å². The molecule has 3 aliphatic rings. The molecule has 0 bridgehead atoms. The number of carbonyl (C=O) groups excluding carboxylic acids is 2. The number of benzene rings is 1. The van der Waals surface area contributed by atoms with Crippen molar-refractivity contribution in [2.45, 2.75) is 44.0 Å². The van der Waals surface area contributed by atoms with Gasteiger partial charge in [-0.05, 0) is 25.3 Å². The van der Waals surface area contributed by atoms with Crippen molar-refractivity contribution in [3.05, 3.63) is 62.0 Å². The zero-order chi connectivity index (χ0) is 23.5. The molecule has 2 aliphatic heterocycles. The number of pyridine rings is 1. The van der Waals surface area contributed by atoms with E-state index < -0.39 is 50.9 Å². The number of aromatic nitrogens is 1. The summed E-state index contributed by atoms with van der Waals surface area (Å²) in [6.07, 6.45) is 4.23. The Labute approximate surface area is 191 Å². The summed E-state index contributed by atoms with van der Waals surface area (Å²) in [6.45, 7) is 0.341. The largest absolute Gasteiger partial charge is 0.503 e. The predicted molar refractivity (Wildman–Crippen MR) is 112 cm³/mol. The van der Waals surface area contributed by atoms with Gasteiger partial charge in [0.1, 0.15) is 22.2 Å². The smallest absolute Gasteiger partial charge is 0.276 e. The SMILES string of the molecule is O=C(NCc1ccc(F)c(Cl)c1F)c1cn2c(c(O)c1=O)C(=O)N1CCO[C@@]13CCCC[C@@H]23. The number of carbonyl (C=O) groups is 2. The van der Waals surface area contributed by atoms with Crippen LogP contribution < -0.4 is 10.7 Å². The number of hydrogen-bond donors (Lipinski definition) is 2. The van der Waals surface area contributed by atoms with Crippen LogP contribution in [0.25, 0.3) is 0 Å². The second-order valence-electron chi connectivity index (χ2n) is 8.41. The standard InChI is InChI=1S/C22H20ClF2N3O5/c23-15-13(24)5-4-11(16(15)25)9-26-20(31)12-10-27-14-3-1-2-6-22(14)28(7-8-33-22)21(32)17(27)19(30)18(12)29/h4-5,10,14,30H,1-3,6-9H2,(H,26,31)/t14-,22-/m1/s1. The Morgan fingerprint density at radius 1 is 1.30 bits per heavy atom. The number of fused-ring (bicyclic) bond motifs is 2. The Hall–Kier alpha value is -2.98. The first-order chi connectivity index (χ1) is 15.8. The molecular formula is C22H20ClF2N3O5. The van der Waals surface area contributed by atoms with E-state index in [1.807, 2.05) is 0 Å². The fraction of sp³-hybridized carbons (Fsp3) is 0.409. The lowest BCUT2D eigenvalue weighted by molar-refractivity contribution is -0.133. The normalized spacial score (nSPS) is 23.7. The highest BCUT2D eigenvalue weighted by atomic mass is 35.5. The van der Waals surface area contributed by atoms with E-state index in [2.05, 4.69) is 5.32 Å². The molecule has 3 heterocycles. The van der Waals surface area contributed by atoms with Gasteiger partial charge >= 0.3 is 0 Å². The zero-order valence-corrected chi connectivity index (χ0v) is 18.1. The maximum atomic E-state index is 14.2. The average molecular weight is 480 g/mol. The molecule has 1 saturated carbocycles. The predicted octanol–water partition coefficient (Wildman–Crippen LogP) is 2.71. The van der Waals surface area contributed by atoms with E-state index >= 15 is 0 Å². The van der Waals surface area contributed by atoms with Gasteiger partial charge < -0.3 is 24.6 Å². The quantitative estimate of drug-likeness (QED) is 0.659. The van der Waals surface area contributed by atoms with Crippen LogP contribution >= 0.6 is 11.6 Å². The van der Waals surface area contributed by atoms with Gasteiger partial charge in [0.05, 0.1) is 12.6 Å². The van der Waals surface area contributed by atoms with Crippen molar-refractivity contribution >= 4 is 23.4 Å². The molecule has 5 rings (SSSR count). The van der Waals surface area contributed by atoms with Crippen LogP contribution in [0, 0.1) is 11.6 Å². The van der Waals surface area contributed by atoms with Crippen molar-refractivity contribution in [3.63, 3.8) is 0 Å². The van der Waals surface area contributed by atoms with E-state index in [1.54, 1.807) is 4.90 Å². The molecule has 2 N–H and O–H groups in total. The van der Waals surface area contributed by atoms with Gasteiger partial charge in [-0.15, -0.1) is 0 Å². The lowest BCUT2D eigenvalue weighted by atomic mass is 9.83. The molecule has 2 amide bonds. The Morgan fingerprint density at radius 3 is 2.88 bits per heavy atom. The van der Waals surface area contributed by atoms with Gasteiger partial charge in [-0.25, -0.2) is 8.78 Å². The average Bonchev–Trinajstić information content (AvgIpc) is 3.23. The van der Waals surface area contributed by atoms with Gasteiger partial charge in [0.2, 0.25) is 5.43 Å². The summed E-state index contributed by atoms with van der Waals surface area (Å²) < 4.78 is 35.0. The highest BCUT2D eigenvalue weighted by molar-refractivity contribution is 6.30. The number of halogens is 3. The summed E-state index contributed by atoms with van der Waals surface area (Å²) in [5.74, 6) is -4.16. The van der Waals surface area contributed by atoms with Crippen LogP contribution in [0.4, 0.5) is 8.78 Å². The topological polar surface area (TPSA) is 101 Å². The minimum Gasteiger partial charge on any atom is -0.503 e. The molecule has 1 saturated heterocycles. The number of nitrogens with zero attached hydrogens (tertiary/aromatic N) is 2. The van der Waals surface area contributed by atoms with Crippen molar-refractivity contribution in [2.24, 2.45) is 0 Å².